The molecule has 1 aromatic carbocycles. The van der Waals surface area contributed by atoms with E-state index in [0.717, 1.165) is 36.1 Å². The lowest BCUT2D eigenvalue weighted by Crippen LogP contribution is -2.31. The maximum absolute atomic E-state index is 12.1. The van der Waals surface area contributed by atoms with Crippen LogP contribution in [0.5, 0.6) is 0 Å². The Morgan fingerprint density at radius 1 is 1.05 bits per heavy atom. The number of ketones is 1. The molecule has 2 rings (SSSR count). The molecule has 1 aromatic rings. The highest BCUT2D eigenvalue weighted by Gasteiger charge is 2.37. The number of anilines is 1. The molecule has 1 aliphatic heterocycles. The Kier molecular flexibility index (Phi) is 4.25. The van der Waals surface area contributed by atoms with Gasteiger partial charge < -0.3 is 4.90 Å². The smallest absolute Gasteiger partial charge is 0.299 e. The van der Waals surface area contributed by atoms with Gasteiger partial charge in [-0.15, -0.1) is 11.6 Å². The van der Waals surface area contributed by atoms with E-state index in [-0.39, 0.29) is 5.78 Å². The normalized spacial score (nSPS) is 14.2. The minimum absolute atomic E-state index is 0.367. The molecule has 0 radical (unpaired) electrons. The zero-order chi connectivity index (χ0) is 14.0. The predicted octanol–water partition coefficient (Wildman–Crippen LogP) is 3.24. The molecule has 0 saturated carbocycles. The topological polar surface area (TPSA) is 37.4 Å². The Bertz CT molecular complexity index is 525. The van der Waals surface area contributed by atoms with E-state index in [2.05, 4.69) is 0 Å². The Hall–Kier alpha value is -1.35. The van der Waals surface area contributed by atoms with Crippen molar-refractivity contribution in [3.05, 3.63) is 28.8 Å². The fourth-order valence-corrected chi connectivity index (χ4v) is 2.71. The number of alkyl halides is 1. The largest absolute Gasteiger partial charge is 0.304 e. The van der Waals surface area contributed by atoms with Crippen molar-refractivity contribution in [3.8, 4) is 0 Å². The second-order valence-electron chi connectivity index (χ2n) is 4.96. The second-order valence-corrected chi connectivity index (χ2v) is 5.34. The van der Waals surface area contributed by atoms with Crippen molar-refractivity contribution < 1.29 is 9.59 Å². The van der Waals surface area contributed by atoms with Gasteiger partial charge in [0.1, 0.15) is 0 Å². The van der Waals surface area contributed by atoms with Gasteiger partial charge in [0.2, 0.25) is 0 Å². The highest BCUT2D eigenvalue weighted by molar-refractivity contribution is 6.52. The third-order valence-electron chi connectivity index (χ3n) is 3.54. The van der Waals surface area contributed by atoms with Crippen LogP contribution in [-0.2, 0) is 4.79 Å². The summed E-state index contributed by atoms with van der Waals surface area (Å²) in [6.07, 6.45) is 2.79. The molecule has 1 amide bonds. The minimum atomic E-state index is -0.390. The summed E-state index contributed by atoms with van der Waals surface area (Å²) in [5, 5.41) is 0. The Labute approximate surface area is 118 Å². The summed E-state index contributed by atoms with van der Waals surface area (Å²) in [6, 6.07) is 3.86. The Morgan fingerprint density at radius 3 is 2.42 bits per heavy atom. The molecule has 4 heteroatoms. The number of rotatable bonds is 5. The van der Waals surface area contributed by atoms with Gasteiger partial charge in [0.05, 0.1) is 11.3 Å². The van der Waals surface area contributed by atoms with E-state index in [0.29, 0.717) is 18.0 Å². The average Bonchev–Trinajstić information content (AvgIpc) is 2.65. The van der Waals surface area contributed by atoms with E-state index >= 15 is 0 Å². The number of hydrogen-bond donors (Lipinski definition) is 0. The van der Waals surface area contributed by atoms with Gasteiger partial charge in [0.25, 0.3) is 11.7 Å². The molecule has 0 aliphatic carbocycles. The second kappa shape index (κ2) is 5.74. The van der Waals surface area contributed by atoms with E-state index in [9.17, 15) is 9.59 Å². The summed E-state index contributed by atoms with van der Waals surface area (Å²) in [6.45, 7) is 4.41. The summed E-state index contributed by atoms with van der Waals surface area (Å²) in [7, 11) is 0. The van der Waals surface area contributed by atoms with Gasteiger partial charge >= 0.3 is 0 Å². The number of benzene rings is 1. The van der Waals surface area contributed by atoms with Crippen LogP contribution in [0.15, 0.2) is 12.1 Å². The first-order valence-electron chi connectivity index (χ1n) is 6.60. The van der Waals surface area contributed by atoms with Gasteiger partial charge in [-0.05, 0) is 37.8 Å². The van der Waals surface area contributed by atoms with Crippen LogP contribution in [0.3, 0.4) is 0 Å². The number of hydrogen-bond acceptors (Lipinski definition) is 2. The molecule has 0 saturated heterocycles. The average molecular weight is 280 g/mol. The zero-order valence-corrected chi connectivity index (χ0v) is 12.1. The lowest BCUT2D eigenvalue weighted by Gasteiger charge is -2.18. The number of Topliss-reactive ketones (excluding diaryl/α,β-unsaturated/α-hetero) is 1. The number of carbonyl (C=O) groups excluding carboxylic acids is 2. The molecule has 0 spiro atoms. The SMILES string of the molecule is Cc1ccc(C)c2c1C(=O)C(=O)N2CCCCCCl. The standard InChI is InChI=1S/C15H18ClNO2/c1-10-6-7-11(2)13-12(10)14(18)15(19)17(13)9-5-3-4-8-16/h6-7H,3-5,8-9H2,1-2H3. The quantitative estimate of drug-likeness (QED) is 0.471. The molecule has 0 unspecified atom stereocenters. The van der Waals surface area contributed by atoms with Crippen LogP contribution >= 0.6 is 11.6 Å². The fraction of sp³-hybridized carbons (Fsp3) is 0.467. The van der Waals surface area contributed by atoms with Crippen LogP contribution in [0.2, 0.25) is 0 Å². The molecule has 19 heavy (non-hydrogen) atoms. The molecule has 3 nitrogen and oxygen atoms in total. The molecule has 1 heterocycles. The predicted molar refractivity (Wildman–Crippen MR) is 77.2 cm³/mol. The Morgan fingerprint density at radius 2 is 1.74 bits per heavy atom. The van der Waals surface area contributed by atoms with E-state index in [1.165, 1.54) is 0 Å². The van der Waals surface area contributed by atoms with E-state index in [1.54, 1.807) is 4.90 Å². The van der Waals surface area contributed by atoms with E-state index < -0.39 is 5.91 Å². The number of fused-ring (bicyclic) bond motifs is 1. The number of carbonyl (C=O) groups is 2. The maximum atomic E-state index is 12.1. The van der Waals surface area contributed by atoms with Crippen molar-refractivity contribution in [1.82, 2.24) is 0 Å². The van der Waals surface area contributed by atoms with E-state index in [4.69, 9.17) is 11.6 Å². The highest BCUT2D eigenvalue weighted by atomic mass is 35.5. The van der Waals surface area contributed by atoms with Crippen molar-refractivity contribution in [2.45, 2.75) is 33.1 Å². The van der Waals surface area contributed by atoms with E-state index in [1.807, 2.05) is 26.0 Å². The molecular formula is C15H18ClNO2. The summed E-state index contributed by atoms with van der Waals surface area (Å²) in [4.78, 5) is 25.8. The molecule has 0 fully saturated rings. The first-order chi connectivity index (χ1) is 9.07. The van der Waals surface area contributed by atoms with Crippen molar-refractivity contribution in [1.29, 1.82) is 0 Å². The molecule has 0 bridgehead atoms. The maximum Gasteiger partial charge on any atom is 0.299 e. The lowest BCUT2D eigenvalue weighted by atomic mass is 10.0. The van der Waals surface area contributed by atoms with Crippen molar-refractivity contribution in [2.75, 3.05) is 17.3 Å². The number of unbranched alkanes of at least 4 members (excludes halogenated alkanes) is 2. The molecule has 1 aliphatic rings. The fourth-order valence-electron chi connectivity index (χ4n) is 2.52. The van der Waals surface area contributed by atoms with Gasteiger partial charge in [-0.1, -0.05) is 18.6 Å². The van der Waals surface area contributed by atoms with Crippen LogP contribution in [0.25, 0.3) is 0 Å². The molecule has 0 atom stereocenters. The molecule has 0 aromatic heterocycles. The number of halogens is 1. The number of nitrogens with zero attached hydrogens (tertiary/aromatic N) is 1. The summed E-state index contributed by atoms with van der Waals surface area (Å²) < 4.78 is 0. The first-order valence-corrected chi connectivity index (χ1v) is 7.13. The summed E-state index contributed by atoms with van der Waals surface area (Å²) in [5.74, 6) is -0.117. The van der Waals surface area contributed by atoms with Gasteiger partial charge in [-0.25, -0.2) is 0 Å². The van der Waals surface area contributed by atoms with Crippen LogP contribution in [-0.4, -0.2) is 24.1 Å². The third-order valence-corrected chi connectivity index (χ3v) is 3.81. The lowest BCUT2D eigenvalue weighted by molar-refractivity contribution is -0.114. The highest BCUT2D eigenvalue weighted by Crippen LogP contribution is 2.34. The van der Waals surface area contributed by atoms with Gasteiger partial charge in [-0.2, -0.15) is 0 Å². The van der Waals surface area contributed by atoms with Crippen LogP contribution in [0, 0.1) is 13.8 Å². The monoisotopic (exact) mass is 279 g/mol. The third kappa shape index (κ3) is 2.52. The van der Waals surface area contributed by atoms with Crippen LogP contribution < -0.4 is 4.90 Å². The van der Waals surface area contributed by atoms with Crippen LogP contribution in [0.4, 0.5) is 5.69 Å². The molecular weight excluding hydrogens is 262 g/mol. The minimum Gasteiger partial charge on any atom is -0.304 e. The Balaban J connectivity index is 2.26. The van der Waals surface area contributed by atoms with Crippen molar-refractivity contribution in [3.63, 3.8) is 0 Å². The summed E-state index contributed by atoms with van der Waals surface area (Å²) >= 11 is 5.64. The van der Waals surface area contributed by atoms with Crippen LogP contribution in [0.1, 0.15) is 40.7 Å². The van der Waals surface area contributed by atoms with Gasteiger partial charge in [-0.3, -0.25) is 9.59 Å². The molecule has 0 N–H and O–H groups in total. The van der Waals surface area contributed by atoms with Crippen molar-refractivity contribution in [2.24, 2.45) is 0 Å². The molecule has 102 valence electrons. The van der Waals surface area contributed by atoms with Gasteiger partial charge in [0, 0.05) is 12.4 Å². The summed E-state index contributed by atoms with van der Waals surface area (Å²) in [5.41, 5.74) is 3.25. The van der Waals surface area contributed by atoms with Gasteiger partial charge in [0.15, 0.2) is 0 Å². The first kappa shape index (κ1) is 14.1. The number of amides is 1. The zero-order valence-electron chi connectivity index (χ0n) is 11.3. The van der Waals surface area contributed by atoms with Crippen molar-refractivity contribution >= 4 is 29.0 Å². The number of aryl methyl sites for hydroxylation is 2.